The summed E-state index contributed by atoms with van der Waals surface area (Å²) in [4.78, 5) is 20.2. The fourth-order valence-corrected chi connectivity index (χ4v) is 4.13. The summed E-state index contributed by atoms with van der Waals surface area (Å²) in [5.41, 5.74) is 4.83. The van der Waals surface area contributed by atoms with Gasteiger partial charge in [-0.3, -0.25) is 5.43 Å². The Morgan fingerprint density at radius 1 is 1.23 bits per heavy atom. The summed E-state index contributed by atoms with van der Waals surface area (Å²) in [6.07, 6.45) is 2.84. The molecule has 0 unspecified atom stereocenters. The highest BCUT2D eigenvalue weighted by molar-refractivity contribution is 7.23. The lowest BCUT2D eigenvalue weighted by Gasteiger charge is -2.08. The molecule has 0 atom stereocenters. The zero-order valence-corrected chi connectivity index (χ0v) is 17.3. The number of aromatic nitrogens is 2. The number of rotatable bonds is 7. The van der Waals surface area contributed by atoms with Crippen LogP contribution in [-0.2, 0) is 0 Å². The van der Waals surface area contributed by atoms with Crippen LogP contribution in [0.1, 0.15) is 22.8 Å². The smallest absolute Gasteiger partial charge is 0.335 e. The van der Waals surface area contributed by atoms with Gasteiger partial charge in [0.2, 0.25) is 0 Å². The Kier molecular flexibility index (Phi) is 5.76. The maximum Gasteiger partial charge on any atom is 0.335 e. The molecule has 0 spiro atoms. The van der Waals surface area contributed by atoms with Gasteiger partial charge in [-0.05, 0) is 36.8 Å². The van der Waals surface area contributed by atoms with Gasteiger partial charge in [0.05, 0.1) is 23.3 Å². The third-order valence-corrected chi connectivity index (χ3v) is 5.60. The molecule has 0 fully saturated rings. The molecule has 3 N–H and O–H groups in total. The van der Waals surface area contributed by atoms with Crippen molar-refractivity contribution in [3.05, 3.63) is 66.0 Å². The number of para-hydroxylation sites is 1. The number of anilines is 1. The third-order valence-electron chi connectivity index (χ3n) is 4.40. The van der Waals surface area contributed by atoms with Crippen molar-refractivity contribution >= 4 is 39.6 Å². The highest BCUT2D eigenvalue weighted by atomic mass is 32.1. The van der Waals surface area contributed by atoms with Crippen LogP contribution in [0.3, 0.4) is 0 Å². The lowest BCUT2D eigenvalue weighted by Crippen LogP contribution is -1.98. The van der Waals surface area contributed by atoms with Gasteiger partial charge >= 0.3 is 5.97 Å². The number of carbonyl (C=O) groups is 1. The van der Waals surface area contributed by atoms with Crippen LogP contribution in [0, 0.1) is 0 Å². The molecule has 0 radical (unpaired) electrons. The molecule has 0 saturated heterocycles. The summed E-state index contributed by atoms with van der Waals surface area (Å²) in [7, 11) is 0. The van der Waals surface area contributed by atoms with E-state index in [1.807, 2.05) is 31.2 Å². The Morgan fingerprint density at radius 2 is 2.06 bits per heavy atom. The average Bonchev–Trinajstić information content (AvgIpc) is 3.12. The van der Waals surface area contributed by atoms with Gasteiger partial charge in [-0.15, -0.1) is 11.3 Å². The second kappa shape index (κ2) is 8.80. The standard InChI is InChI=1S/C22H18N4O4S/c1-2-30-16-9-4-3-8-15(16)19-18(27)17-20(31-19)21(24-12-23-17)26-25-11-13-6-5-7-14(10-13)22(28)29/h3-12,27H,2H2,1H3,(H,28,29)(H,23,24,26). The predicted octanol–water partition coefficient (Wildman–Crippen LogP) is 4.61. The minimum absolute atomic E-state index is 0.0516. The lowest BCUT2D eigenvalue weighted by atomic mass is 10.1. The highest BCUT2D eigenvalue weighted by Gasteiger charge is 2.19. The van der Waals surface area contributed by atoms with E-state index in [4.69, 9.17) is 9.84 Å². The minimum atomic E-state index is -1.00. The molecule has 2 aromatic heterocycles. The van der Waals surface area contributed by atoms with E-state index in [9.17, 15) is 9.90 Å². The first kappa shape index (κ1) is 20.3. The second-order valence-corrected chi connectivity index (χ2v) is 7.43. The quantitative estimate of drug-likeness (QED) is 0.287. The van der Waals surface area contributed by atoms with Crippen molar-refractivity contribution in [1.82, 2.24) is 9.97 Å². The Morgan fingerprint density at radius 3 is 2.87 bits per heavy atom. The van der Waals surface area contributed by atoms with Gasteiger partial charge in [0.15, 0.2) is 11.6 Å². The highest BCUT2D eigenvalue weighted by Crippen LogP contribution is 2.47. The minimum Gasteiger partial charge on any atom is -0.504 e. The van der Waals surface area contributed by atoms with Crippen molar-refractivity contribution < 1.29 is 19.7 Å². The molecular formula is C22H18N4O4S. The van der Waals surface area contributed by atoms with Crippen LogP contribution in [0.5, 0.6) is 11.5 Å². The summed E-state index contributed by atoms with van der Waals surface area (Å²) in [6, 6.07) is 13.9. The summed E-state index contributed by atoms with van der Waals surface area (Å²) < 4.78 is 6.33. The van der Waals surface area contributed by atoms with E-state index < -0.39 is 5.97 Å². The van der Waals surface area contributed by atoms with Crippen LogP contribution < -0.4 is 10.2 Å². The number of nitrogens with one attached hydrogen (secondary N) is 1. The van der Waals surface area contributed by atoms with Crippen LogP contribution >= 0.6 is 11.3 Å². The molecule has 0 aliphatic rings. The summed E-state index contributed by atoms with van der Waals surface area (Å²) in [6.45, 7) is 2.41. The number of hydrogen-bond donors (Lipinski definition) is 3. The maximum absolute atomic E-state index is 11.1. The van der Waals surface area contributed by atoms with E-state index in [2.05, 4.69) is 20.5 Å². The number of carboxylic acid groups (broad SMARTS) is 1. The summed E-state index contributed by atoms with van der Waals surface area (Å²) >= 11 is 1.33. The van der Waals surface area contributed by atoms with E-state index >= 15 is 0 Å². The lowest BCUT2D eigenvalue weighted by molar-refractivity contribution is 0.0697. The van der Waals surface area contributed by atoms with E-state index in [1.165, 1.54) is 36.0 Å². The first-order valence-corrected chi connectivity index (χ1v) is 10.2. The monoisotopic (exact) mass is 434 g/mol. The van der Waals surface area contributed by atoms with E-state index in [-0.39, 0.29) is 11.3 Å². The molecule has 2 heterocycles. The van der Waals surface area contributed by atoms with Gasteiger partial charge in [0.1, 0.15) is 22.3 Å². The maximum atomic E-state index is 11.1. The van der Waals surface area contributed by atoms with Crippen LogP contribution in [0.2, 0.25) is 0 Å². The molecular weight excluding hydrogens is 416 g/mol. The number of hydrazone groups is 1. The molecule has 0 bridgehead atoms. The fraction of sp³-hybridized carbons (Fsp3) is 0.0909. The van der Waals surface area contributed by atoms with Crippen molar-refractivity contribution in [2.45, 2.75) is 6.92 Å². The van der Waals surface area contributed by atoms with Crippen molar-refractivity contribution in [3.8, 4) is 21.9 Å². The molecule has 156 valence electrons. The van der Waals surface area contributed by atoms with Crippen molar-refractivity contribution in [1.29, 1.82) is 0 Å². The van der Waals surface area contributed by atoms with Crippen LogP contribution in [0.4, 0.5) is 5.82 Å². The van der Waals surface area contributed by atoms with Crippen molar-refractivity contribution in [2.24, 2.45) is 5.10 Å². The number of benzene rings is 2. The van der Waals surface area contributed by atoms with Crippen LogP contribution in [-0.4, -0.2) is 39.0 Å². The van der Waals surface area contributed by atoms with E-state index in [0.29, 0.717) is 38.8 Å². The number of fused-ring (bicyclic) bond motifs is 1. The third kappa shape index (κ3) is 4.17. The number of aromatic carboxylic acids is 1. The largest absolute Gasteiger partial charge is 0.504 e. The molecule has 4 aromatic rings. The second-order valence-electron chi connectivity index (χ2n) is 6.41. The van der Waals surface area contributed by atoms with E-state index in [1.54, 1.807) is 12.1 Å². The van der Waals surface area contributed by atoms with Gasteiger partial charge in [-0.1, -0.05) is 24.3 Å². The van der Waals surface area contributed by atoms with E-state index in [0.717, 1.165) is 5.56 Å². The first-order chi connectivity index (χ1) is 15.1. The first-order valence-electron chi connectivity index (χ1n) is 9.39. The Bertz CT molecular complexity index is 1290. The van der Waals surface area contributed by atoms with Crippen LogP contribution in [0.15, 0.2) is 60.0 Å². The fourth-order valence-electron chi connectivity index (χ4n) is 3.01. The van der Waals surface area contributed by atoms with Gasteiger partial charge in [-0.2, -0.15) is 5.10 Å². The van der Waals surface area contributed by atoms with Crippen molar-refractivity contribution in [2.75, 3.05) is 12.0 Å². The predicted molar refractivity (Wildman–Crippen MR) is 120 cm³/mol. The molecule has 31 heavy (non-hydrogen) atoms. The Labute approximate surface area is 181 Å². The van der Waals surface area contributed by atoms with Gasteiger partial charge in [-0.25, -0.2) is 14.8 Å². The number of nitrogens with zero attached hydrogens (tertiary/aromatic N) is 3. The summed E-state index contributed by atoms with van der Waals surface area (Å²) in [5, 5.41) is 24.1. The molecule has 8 nitrogen and oxygen atoms in total. The van der Waals surface area contributed by atoms with Gasteiger partial charge in [0, 0.05) is 5.56 Å². The number of thiophene rings is 1. The normalized spacial score (nSPS) is 11.1. The Hall–Kier alpha value is -3.98. The molecule has 0 aliphatic heterocycles. The van der Waals surface area contributed by atoms with Crippen molar-refractivity contribution in [3.63, 3.8) is 0 Å². The molecule has 0 saturated carbocycles. The number of hydrogen-bond acceptors (Lipinski definition) is 8. The average molecular weight is 434 g/mol. The molecule has 2 aromatic carbocycles. The van der Waals surface area contributed by atoms with Gasteiger partial charge in [0.25, 0.3) is 0 Å². The topological polar surface area (TPSA) is 117 Å². The molecule has 4 rings (SSSR count). The molecule has 9 heteroatoms. The zero-order chi connectivity index (χ0) is 21.8. The van der Waals surface area contributed by atoms with Gasteiger partial charge < -0.3 is 14.9 Å². The number of aromatic hydroxyl groups is 1. The number of ether oxygens (including phenoxy) is 1. The Balaban J connectivity index is 1.67. The molecule has 0 amide bonds. The number of carboxylic acids is 1. The van der Waals surface area contributed by atoms with Crippen LogP contribution in [0.25, 0.3) is 20.7 Å². The summed E-state index contributed by atoms with van der Waals surface area (Å²) in [5.74, 6) is 0.145. The SMILES string of the molecule is CCOc1ccccc1-c1sc2c(NN=Cc3cccc(C(=O)O)c3)ncnc2c1O. The molecule has 0 aliphatic carbocycles. The zero-order valence-electron chi connectivity index (χ0n) is 16.4.